The molecule has 0 spiro atoms. The highest BCUT2D eigenvalue weighted by atomic mass is 19.2. The van der Waals surface area contributed by atoms with Gasteiger partial charge in [-0.1, -0.05) is 36.8 Å². The molecule has 170 valence electrons. The lowest BCUT2D eigenvalue weighted by Crippen LogP contribution is -2.29. The van der Waals surface area contributed by atoms with Gasteiger partial charge in [-0.3, -0.25) is 4.90 Å². The van der Waals surface area contributed by atoms with Crippen molar-refractivity contribution in [3.8, 4) is 22.3 Å². The molecular weight excluding hydrogens is 430 g/mol. The van der Waals surface area contributed by atoms with Crippen LogP contribution in [0.2, 0.25) is 0 Å². The molecule has 3 aromatic carbocycles. The molecule has 1 aliphatic rings. The summed E-state index contributed by atoms with van der Waals surface area (Å²) in [6, 6.07) is 10.9. The van der Waals surface area contributed by atoms with E-state index < -0.39 is 34.4 Å². The number of halogens is 4. The molecule has 0 unspecified atom stereocenters. The zero-order valence-electron chi connectivity index (χ0n) is 18.2. The van der Waals surface area contributed by atoms with Crippen LogP contribution in [0.1, 0.15) is 30.7 Å². The molecule has 1 saturated heterocycles. The maximum absolute atomic E-state index is 15.1. The fourth-order valence-electron chi connectivity index (χ4n) is 4.58. The van der Waals surface area contributed by atoms with Crippen LogP contribution >= 0.6 is 0 Å². The summed E-state index contributed by atoms with van der Waals surface area (Å²) in [5.74, 6) is -5.03. The average molecular weight is 453 g/mol. The maximum Gasteiger partial charge on any atom is 0.170 e. The topological polar surface area (TPSA) is 31.9 Å². The van der Waals surface area contributed by atoms with E-state index in [9.17, 15) is 0 Å². The average Bonchev–Trinajstić information content (AvgIpc) is 3.19. The van der Waals surface area contributed by atoms with E-state index in [2.05, 4.69) is 14.9 Å². The van der Waals surface area contributed by atoms with E-state index in [4.69, 9.17) is 0 Å². The summed E-state index contributed by atoms with van der Waals surface area (Å²) in [6.07, 6.45) is 3.55. The Bertz CT molecular complexity index is 1290. The standard InChI is InChI=1S/C26H23F4N3/c1-15-31-19-10-9-18(13-20(19)32-15)22-25(29)23(27)21(24(28)26(22)30)17-7-5-16(6-8-17)14-33-11-3-2-4-12-33/h5-10,13H,2-4,11-12,14H2,1H3,(H,31,32). The quantitative estimate of drug-likeness (QED) is 0.274. The summed E-state index contributed by atoms with van der Waals surface area (Å²) in [5, 5.41) is 0. The van der Waals surface area contributed by atoms with Crippen molar-refractivity contribution in [1.82, 2.24) is 14.9 Å². The largest absolute Gasteiger partial charge is 0.342 e. The molecule has 1 aliphatic heterocycles. The van der Waals surface area contributed by atoms with Crippen LogP contribution in [-0.4, -0.2) is 28.0 Å². The molecule has 7 heteroatoms. The SMILES string of the molecule is Cc1nc2ccc(-c3c(F)c(F)c(-c4ccc(CN5CCCCC5)cc4)c(F)c3F)cc2[nH]1. The second-order valence-electron chi connectivity index (χ2n) is 8.59. The van der Waals surface area contributed by atoms with E-state index in [1.807, 2.05) is 0 Å². The van der Waals surface area contributed by atoms with Gasteiger partial charge in [0, 0.05) is 6.54 Å². The number of H-pyrrole nitrogens is 1. The number of aromatic amines is 1. The highest BCUT2D eigenvalue weighted by Gasteiger charge is 2.27. The lowest BCUT2D eigenvalue weighted by molar-refractivity contribution is 0.221. The number of hydrogen-bond acceptors (Lipinski definition) is 2. The predicted molar refractivity (Wildman–Crippen MR) is 121 cm³/mol. The number of benzene rings is 3. The third-order valence-corrected chi connectivity index (χ3v) is 6.25. The van der Waals surface area contributed by atoms with Gasteiger partial charge in [0.15, 0.2) is 23.3 Å². The first-order valence-electron chi connectivity index (χ1n) is 11.1. The molecule has 2 heterocycles. The van der Waals surface area contributed by atoms with Gasteiger partial charge in [-0.05, 0) is 61.7 Å². The van der Waals surface area contributed by atoms with Crippen LogP contribution < -0.4 is 0 Å². The van der Waals surface area contributed by atoms with Crippen molar-refractivity contribution in [3.05, 3.63) is 77.1 Å². The van der Waals surface area contributed by atoms with Gasteiger partial charge in [-0.25, -0.2) is 22.5 Å². The van der Waals surface area contributed by atoms with Crippen molar-refractivity contribution in [2.75, 3.05) is 13.1 Å². The second-order valence-corrected chi connectivity index (χ2v) is 8.59. The van der Waals surface area contributed by atoms with E-state index in [0.717, 1.165) is 38.0 Å². The number of piperidine rings is 1. The van der Waals surface area contributed by atoms with E-state index in [1.54, 1.807) is 25.1 Å². The van der Waals surface area contributed by atoms with Crippen LogP contribution in [0.15, 0.2) is 42.5 Å². The molecule has 5 rings (SSSR count). The van der Waals surface area contributed by atoms with Crippen LogP contribution in [-0.2, 0) is 6.54 Å². The van der Waals surface area contributed by atoms with Crippen molar-refractivity contribution in [2.24, 2.45) is 0 Å². The minimum atomic E-state index is -1.42. The van der Waals surface area contributed by atoms with Crippen LogP contribution in [0, 0.1) is 30.2 Å². The van der Waals surface area contributed by atoms with Crippen LogP contribution in [0.5, 0.6) is 0 Å². The Morgan fingerprint density at radius 2 is 1.36 bits per heavy atom. The van der Waals surface area contributed by atoms with Crippen molar-refractivity contribution in [3.63, 3.8) is 0 Å². The van der Waals surface area contributed by atoms with Gasteiger partial charge in [0.25, 0.3) is 0 Å². The first kappa shape index (κ1) is 21.6. The molecule has 0 amide bonds. The van der Waals surface area contributed by atoms with E-state index >= 15 is 17.6 Å². The summed E-state index contributed by atoms with van der Waals surface area (Å²) in [7, 11) is 0. The summed E-state index contributed by atoms with van der Waals surface area (Å²) in [4.78, 5) is 9.52. The Morgan fingerprint density at radius 3 is 2.00 bits per heavy atom. The lowest BCUT2D eigenvalue weighted by atomic mass is 9.96. The van der Waals surface area contributed by atoms with Crippen LogP contribution in [0.3, 0.4) is 0 Å². The number of hydrogen-bond donors (Lipinski definition) is 1. The first-order chi connectivity index (χ1) is 15.9. The summed E-state index contributed by atoms with van der Waals surface area (Å²) in [5.41, 5.74) is 0.805. The number of aryl methyl sites for hydroxylation is 1. The van der Waals surface area contributed by atoms with Gasteiger partial charge in [-0.2, -0.15) is 0 Å². The number of fused-ring (bicyclic) bond motifs is 1. The molecule has 0 radical (unpaired) electrons. The highest BCUT2D eigenvalue weighted by Crippen LogP contribution is 2.37. The Kier molecular flexibility index (Phi) is 5.66. The minimum Gasteiger partial charge on any atom is -0.342 e. The zero-order valence-corrected chi connectivity index (χ0v) is 18.2. The van der Waals surface area contributed by atoms with E-state index in [-0.39, 0.29) is 11.1 Å². The number of nitrogens with zero attached hydrogens (tertiary/aromatic N) is 2. The smallest absolute Gasteiger partial charge is 0.170 e. The molecule has 0 saturated carbocycles. The molecule has 0 bridgehead atoms. The Balaban J connectivity index is 1.51. The first-order valence-corrected chi connectivity index (χ1v) is 11.1. The van der Waals surface area contributed by atoms with Gasteiger partial charge >= 0.3 is 0 Å². The number of aromatic nitrogens is 2. The predicted octanol–water partition coefficient (Wildman–Crippen LogP) is 6.75. The molecule has 1 aromatic heterocycles. The number of likely N-dealkylation sites (tertiary alicyclic amines) is 1. The van der Waals surface area contributed by atoms with E-state index in [1.165, 1.54) is 30.7 Å². The molecule has 1 fully saturated rings. The van der Waals surface area contributed by atoms with Crippen molar-refractivity contribution in [2.45, 2.75) is 32.7 Å². The van der Waals surface area contributed by atoms with Gasteiger partial charge in [0.1, 0.15) is 5.82 Å². The Hall–Kier alpha value is -3.19. The Morgan fingerprint density at radius 1 is 0.788 bits per heavy atom. The summed E-state index contributed by atoms with van der Waals surface area (Å²) < 4.78 is 60.2. The second kappa shape index (κ2) is 8.63. The zero-order chi connectivity index (χ0) is 23.1. The third-order valence-electron chi connectivity index (χ3n) is 6.25. The van der Waals surface area contributed by atoms with Crippen LogP contribution in [0.4, 0.5) is 17.6 Å². The molecule has 0 atom stereocenters. The number of nitrogens with one attached hydrogen (secondary N) is 1. The maximum atomic E-state index is 15.1. The van der Waals surface area contributed by atoms with E-state index in [0.29, 0.717) is 16.9 Å². The monoisotopic (exact) mass is 453 g/mol. The Labute approximate surface area is 189 Å². The van der Waals surface area contributed by atoms with Gasteiger partial charge in [-0.15, -0.1) is 0 Å². The fraction of sp³-hybridized carbons (Fsp3) is 0.269. The number of imidazole rings is 1. The fourth-order valence-corrected chi connectivity index (χ4v) is 4.58. The van der Waals surface area contributed by atoms with Crippen molar-refractivity contribution >= 4 is 11.0 Å². The lowest BCUT2D eigenvalue weighted by Gasteiger charge is -2.26. The van der Waals surface area contributed by atoms with Crippen molar-refractivity contribution < 1.29 is 17.6 Å². The number of rotatable bonds is 4. The summed E-state index contributed by atoms with van der Waals surface area (Å²) in [6.45, 7) is 4.52. The minimum absolute atomic E-state index is 0.0300. The van der Waals surface area contributed by atoms with Gasteiger partial charge in [0.2, 0.25) is 0 Å². The molecule has 0 aliphatic carbocycles. The van der Waals surface area contributed by atoms with Crippen molar-refractivity contribution in [1.29, 1.82) is 0 Å². The summed E-state index contributed by atoms with van der Waals surface area (Å²) >= 11 is 0. The van der Waals surface area contributed by atoms with Gasteiger partial charge < -0.3 is 4.98 Å². The molecular formula is C26H23F4N3. The van der Waals surface area contributed by atoms with Gasteiger partial charge in [0.05, 0.1) is 22.2 Å². The third kappa shape index (κ3) is 4.02. The highest BCUT2D eigenvalue weighted by molar-refractivity contribution is 5.83. The molecule has 3 nitrogen and oxygen atoms in total. The molecule has 1 N–H and O–H groups in total. The normalized spacial score (nSPS) is 14.8. The molecule has 33 heavy (non-hydrogen) atoms. The van der Waals surface area contributed by atoms with Crippen LogP contribution in [0.25, 0.3) is 33.3 Å². The molecule has 4 aromatic rings.